The molecule has 0 N–H and O–H groups in total. The predicted molar refractivity (Wildman–Crippen MR) is 153 cm³/mol. The van der Waals surface area contributed by atoms with Gasteiger partial charge in [0, 0.05) is 0 Å². The molecule has 0 bridgehead atoms. The van der Waals surface area contributed by atoms with Crippen LogP contribution in [-0.2, 0) is 19.6 Å². The van der Waals surface area contributed by atoms with E-state index in [1.54, 1.807) is 30.3 Å². The van der Waals surface area contributed by atoms with Gasteiger partial charge in [0.1, 0.15) is 6.04 Å². The third-order valence-corrected chi connectivity index (χ3v) is 9.30. The lowest BCUT2D eigenvalue weighted by Crippen LogP contribution is -2.43. The second-order valence-corrected chi connectivity index (χ2v) is 11.9. The Hall–Kier alpha value is -4.83. The number of hydrogen-bond donors (Lipinski definition) is 0. The van der Waals surface area contributed by atoms with Gasteiger partial charge in [-0.05, 0) is 47.9 Å². The molecule has 214 valence electrons. The molecule has 6 rings (SSSR count). The van der Waals surface area contributed by atoms with Crippen molar-refractivity contribution in [1.82, 2.24) is 9.21 Å². The molecule has 1 fully saturated rings. The van der Waals surface area contributed by atoms with Crippen LogP contribution in [0.25, 0.3) is 0 Å². The molecule has 2 heterocycles. The number of carbonyl (C=O) groups excluding carboxylic acids is 2. The first-order valence-corrected chi connectivity index (χ1v) is 14.8. The van der Waals surface area contributed by atoms with Gasteiger partial charge in [-0.3, -0.25) is 4.90 Å². The summed E-state index contributed by atoms with van der Waals surface area (Å²) < 4.78 is 45.8. The predicted octanol–water partition coefficient (Wildman–Crippen LogP) is 5.22. The number of esters is 1. The van der Waals surface area contributed by atoms with Crippen LogP contribution in [0.4, 0.5) is 4.79 Å². The fourth-order valence-electron chi connectivity index (χ4n) is 5.54. The number of nitrogens with zero attached hydrogens (tertiary/aromatic N) is 2. The Balaban J connectivity index is 1.60. The molecule has 0 aromatic heterocycles. The standard InChI is InChI=1S/C32H28N2O7S/c1-21-13-16-25(17-14-21)42(37,38)34-29(24-15-18-26-27(19-24)41-20-40-26)30(31(35)39-2)33(32(34)36)28(22-9-5-3-6-10-22)23-11-7-4-8-12-23/h3-19,28-30H,20H2,1-2H3. The van der Waals surface area contributed by atoms with Crippen molar-refractivity contribution in [3.63, 3.8) is 0 Å². The molecule has 4 aromatic carbocycles. The number of aryl methyl sites for hydroxylation is 1. The van der Waals surface area contributed by atoms with Gasteiger partial charge in [0.2, 0.25) is 6.79 Å². The van der Waals surface area contributed by atoms with Crippen LogP contribution < -0.4 is 9.47 Å². The summed E-state index contributed by atoms with van der Waals surface area (Å²) in [6, 6.07) is 25.2. The molecule has 0 spiro atoms. The average Bonchev–Trinajstić information content (AvgIpc) is 3.60. The fraction of sp³-hybridized carbons (Fsp3) is 0.188. The van der Waals surface area contributed by atoms with E-state index in [4.69, 9.17) is 14.2 Å². The molecule has 2 atom stereocenters. The summed E-state index contributed by atoms with van der Waals surface area (Å²) in [5, 5.41) is 0. The Bertz CT molecular complexity index is 1690. The summed E-state index contributed by atoms with van der Waals surface area (Å²) in [5.74, 6) is 0.107. The molecular formula is C32H28N2O7S. The topological polar surface area (TPSA) is 102 Å². The number of carbonyl (C=O) groups is 2. The van der Waals surface area contributed by atoms with E-state index in [1.807, 2.05) is 67.6 Å². The minimum atomic E-state index is -4.46. The van der Waals surface area contributed by atoms with Crippen LogP contribution in [0.5, 0.6) is 11.5 Å². The smallest absolute Gasteiger partial charge is 0.336 e. The summed E-state index contributed by atoms with van der Waals surface area (Å²) in [6.07, 6.45) is 0. The Morgan fingerprint density at radius 1 is 0.857 bits per heavy atom. The number of methoxy groups -OCH3 is 1. The van der Waals surface area contributed by atoms with Gasteiger partial charge in [0.15, 0.2) is 17.5 Å². The molecule has 42 heavy (non-hydrogen) atoms. The third kappa shape index (κ3) is 4.63. The molecule has 4 aromatic rings. The molecule has 0 saturated carbocycles. The molecule has 2 aliphatic heterocycles. The van der Waals surface area contributed by atoms with E-state index >= 15 is 0 Å². The van der Waals surface area contributed by atoms with Crippen molar-refractivity contribution in [2.45, 2.75) is 29.9 Å². The number of hydrogen-bond acceptors (Lipinski definition) is 7. The van der Waals surface area contributed by atoms with Crippen LogP contribution in [0.15, 0.2) is 108 Å². The first-order valence-electron chi connectivity index (χ1n) is 13.3. The number of rotatable bonds is 7. The first-order chi connectivity index (χ1) is 20.3. The Morgan fingerprint density at radius 2 is 1.45 bits per heavy atom. The second kappa shape index (κ2) is 10.9. The van der Waals surface area contributed by atoms with Gasteiger partial charge in [0.25, 0.3) is 10.0 Å². The maximum absolute atomic E-state index is 14.6. The van der Waals surface area contributed by atoms with Crippen LogP contribution in [-0.4, -0.2) is 49.6 Å². The van der Waals surface area contributed by atoms with E-state index in [0.717, 1.165) is 9.87 Å². The Morgan fingerprint density at radius 3 is 2.05 bits per heavy atom. The van der Waals surface area contributed by atoms with E-state index in [1.165, 1.54) is 24.1 Å². The Kier molecular flexibility index (Phi) is 7.07. The van der Waals surface area contributed by atoms with Gasteiger partial charge in [-0.25, -0.2) is 22.3 Å². The van der Waals surface area contributed by atoms with E-state index < -0.39 is 40.1 Å². The van der Waals surface area contributed by atoms with E-state index in [0.29, 0.717) is 28.2 Å². The van der Waals surface area contributed by atoms with Crippen molar-refractivity contribution in [3.05, 3.63) is 125 Å². The number of urea groups is 1. The molecular weight excluding hydrogens is 556 g/mol. The van der Waals surface area contributed by atoms with E-state index in [2.05, 4.69) is 0 Å². The number of benzene rings is 4. The lowest BCUT2D eigenvalue weighted by Gasteiger charge is -2.32. The number of fused-ring (bicyclic) bond motifs is 1. The van der Waals surface area contributed by atoms with Gasteiger partial charge in [-0.2, -0.15) is 0 Å². The van der Waals surface area contributed by atoms with Crippen molar-refractivity contribution in [2.24, 2.45) is 0 Å². The summed E-state index contributed by atoms with van der Waals surface area (Å²) in [5.41, 5.74) is 2.63. The summed E-state index contributed by atoms with van der Waals surface area (Å²) in [6.45, 7) is 1.84. The average molecular weight is 585 g/mol. The lowest BCUT2D eigenvalue weighted by molar-refractivity contribution is -0.146. The highest BCUT2D eigenvalue weighted by Gasteiger charge is 2.58. The summed E-state index contributed by atoms with van der Waals surface area (Å²) >= 11 is 0. The SMILES string of the molecule is COC(=O)C1C(c2ccc3c(c2)OCO3)N(S(=O)(=O)c2ccc(C)cc2)C(=O)N1C(c1ccccc1)c1ccccc1. The maximum atomic E-state index is 14.6. The Labute approximate surface area is 243 Å². The molecule has 10 heteroatoms. The molecule has 0 aliphatic carbocycles. The summed E-state index contributed by atoms with van der Waals surface area (Å²) in [7, 11) is -3.24. The van der Waals surface area contributed by atoms with Crippen molar-refractivity contribution in [2.75, 3.05) is 13.9 Å². The normalized spacial score (nSPS) is 18.0. The zero-order chi connectivity index (χ0) is 29.4. The van der Waals surface area contributed by atoms with Crippen LogP contribution in [0.3, 0.4) is 0 Å². The zero-order valence-corrected chi connectivity index (χ0v) is 23.7. The number of amides is 2. The monoisotopic (exact) mass is 584 g/mol. The quantitative estimate of drug-likeness (QED) is 0.275. The lowest BCUT2D eigenvalue weighted by atomic mass is 9.93. The molecule has 2 unspecified atom stereocenters. The van der Waals surface area contributed by atoms with Crippen molar-refractivity contribution >= 4 is 22.0 Å². The van der Waals surface area contributed by atoms with Crippen LogP contribution in [0.2, 0.25) is 0 Å². The van der Waals surface area contributed by atoms with Gasteiger partial charge in [0.05, 0.1) is 18.0 Å². The van der Waals surface area contributed by atoms with Crippen LogP contribution >= 0.6 is 0 Å². The minimum absolute atomic E-state index is 0.00437. The van der Waals surface area contributed by atoms with Crippen LogP contribution in [0, 0.1) is 6.92 Å². The minimum Gasteiger partial charge on any atom is -0.467 e. The number of ether oxygens (including phenoxy) is 3. The van der Waals surface area contributed by atoms with Gasteiger partial charge in [-0.15, -0.1) is 0 Å². The van der Waals surface area contributed by atoms with Crippen molar-refractivity contribution in [3.8, 4) is 11.5 Å². The van der Waals surface area contributed by atoms with Crippen molar-refractivity contribution < 1.29 is 32.2 Å². The van der Waals surface area contributed by atoms with E-state index in [9.17, 15) is 18.0 Å². The van der Waals surface area contributed by atoms with E-state index in [-0.39, 0.29) is 11.7 Å². The zero-order valence-electron chi connectivity index (χ0n) is 22.9. The molecule has 9 nitrogen and oxygen atoms in total. The number of sulfonamides is 1. The van der Waals surface area contributed by atoms with Crippen molar-refractivity contribution in [1.29, 1.82) is 0 Å². The maximum Gasteiger partial charge on any atom is 0.336 e. The first kappa shape index (κ1) is 27.3. The molecule has 2 aliphatic rings. The second-order valence-electron chi connectivity index (χ2n) is 10.1. The largest absolute Gasteiger partial charge is 0.467 e. The van der Waals surface area contributed by atoms with Gasteiger partial charge < -0.3 is 14.2 Å². The van der Waals surface area contributed by atoms with Crippen LogP contribution in [0.1, 0.15) is 34.3 Å². The summed E-state index contributed by atoms with van der Waals surface area (Å²) in [4.78, 5) is 29.6. The molecule has 0 radical (unpaired) electrons. The van der Waals surface area contributed by atoms with Gasteiger partial charge >= 0.3 is 12.0 Å². The fourth-order valence-corrected chi connectivity index (χ4v) is 7.08. The van der Waals surface area contributed by atoms with Gasteiger partial charge in [-0.1, -0.05) is 84.4 Å². The molecule has 1 saturated heterocycles. The highest BCUT2D eigenvalue weighted by molar-refractivity contribution is 7.89. The highest BCUT2D eigenvalue weighted by atomic mass is 32.2. The highest BCUT2D eigenvalue weighted by Crippen LogP contribution is 2.47. The third-order valence-electron chi connectivity index (χ3n) is 7.53. The molecule has 2 amide bonds.